The van der Waals surface area contributed by atoms with Crippen LogP contribution in [0.2, 0.25) is 0 Å². The Balaban J connectivity index is 0.874. The predicted molar refractivity (Wildman–Crippen MR) is 370 cm³/mol. The molecule has 7 heterocycles. The van der Waals surface area contributed by atoms with Crippen LogP contribution in [0.25, 0.3) is 132 Å². The Morgan fingerprint density at radius 1 is 0.178 bits per heavy atom. The monoisotopic (exact) mass is 1160 g/mol. The van der Waals surface area contributed by atoms with Gasteiger partial charge < -0.3 is 27.4 Å². The molecule has 0 radical (unpaired) electrons. The molecule has 9 heteroatoms. The molecule has 0 bridgehead atoms. The van der Waals surface area contributed by atoms with Crippen LogP contribution in [0, 0.1) is 0 Å². The van der Waals surface area contributed by atoms with Crippen LogP contribution in [0.15, 0.2) is 309 Å². The summed E-state index contributed by atoms with van der Waals surface area (Å²) in [4.78, 5) is 0. The van der Waals surface area contributed by atoms with Crippen molar-refractivity contribution < 1.29 is 0 Å². The normalized spacial score (nSPS) is 15.5. The molecular formula is C81H57N9. The average molecular weight is 1160 g/mol. The van der Waals surface area contributed by atoms with Crippen molar-refractivity contribution in [3.8, 4) is 34.1 Å². The fourth-order valence-electron chi connectivity index (χ4n) is 15.0. The number of nitrogens with one attached hydrogen (secondary N) is 3. The first-order valence-electron chi connectivity index (χ1n) is 31.0. The Labute approximate surface area is 517 Å². The van der Waals surface area contributed by atoms with Gasteiger partial charge in [-0.2, -0.15) is 0 Å². The van der Waals surface area contributed by atoms with Crippen LogP contribution in [-0.4, -0.2) is 27.4 Å². The fourth-order valence-corrected chi connectivity index (χ4v) is 15.0. The van der Waals surface area contributed by atoms with E-state index in [0.29, 0.717) is 0 Å². The highest BCUT2D eigenvalue weighted by molar-refractivity contribution is 6.16. The third kappa shape index (κ3) is 7.74. The molecule has 0 spiro atoms. The topological polar surface area (TPSA) is 65.7 Å². The van der Waals surface area contributed by atoms with Crippen molar-refractivity contribution in [2.75, 3.05) is 0 Å². The highest BCUT2D eigenvalue weighted by Crippen LogP contribution is 2.44. The Kier molecular flexibility index (Phi) is 11.3. The van der Waals surface area contributed by atoms with Gasteiger partial charge in [0.25, 0.3) is 0 Å². The van der Waals surface area contributed by atoms with Crippen LogP contribution >= 0.6 is 0 Å². The summed E-state index contributed by atoms with van der Waals surface area (Å²) in [6.07, 6.45) is -1.25. The summed E-state index contributed by atoms with van der Waals surface area (Å²) in [5.41, 5.74) is 20.2. The van der Waals surface area contributed by atoms with Gasteiger partial charge in [-0.3, -0.25) is 16.0 Å². The number of benzene rings is 12. The Morgan fingerprint density at radius 2 is 0.400 bits per heavy atom. The lowest BCUT2D eigenvalue weighted by Gasteiger charge is -2.40. The van der Waals surface area contributed by atoms with Gasteiger partial charge in [-0.15, -0.1) is 0 Å². The van der Waals surface area contributed by atoms with Gasteiger partial charge in [0, 0.05) is 82.6 Å². The van der Waals surface area contributed by atoms with Gasteiger partial charge in [0.1, 0.15) is 18.5 Å². The quantitative estimate of drug-likeness (QED) is 0.135. The van der Waals surface area contributed by atoms with Gasteiger partial charge >= 0.3 is 0 Å². The third-order valence-electron chi connectivity index (χ3n) is 18.8. The average Bonchev–Trinajstić information content (AvgIpc) is 1.60. The lowest BCUT2D eigenvalue weighted by molar-refractivity contribution is 0.191. The van der Waals surface area contributed by atoms with Crippen LogP contribution in [0.4, 0.5) is 0 Å². The summed E-state index contributed by atoms with van der Waals surface area (Å²) in [7, 11) is 0. The number of fused-ring (bicyclic) bond motifs is 12. The summed E-state index contributed by atoms with van der Waals surface area (Å²) >= 11 is 0. The number of para-hydroxylation sites is 9. The van der Waals surface area contributed by atoms with Crippen molar-refractivity contribution in [1.29, 1.82) is 0 Å². The van der Waals surface area contributed by atoms with Gasteiger partial charge in [-0.1, -0.05) is 164 Å². The maximum atomic E-state index is 4.31. The fraction of sp³-hybridized carbons (Fsp3) is 0.0370. The number of hydrogen-bond donors (Lipinski definition) is 3. The molecule has 0 atom stereocenters. The summed E-state index contributed by atoms with van der Waals surface area (Å²) in [6, 6.07) is 113. The van der Waals surface area contributed by atoms with Gasteiger partial charge in [0.05, 0.1) is 66.7 Å². The second-order valence-corrected chi connectivity index (χ2v) is 23.9. The molecule has 0 aliphatic carbocycles. The first-order valence-corrected chi connectivity index (χ1v) is 31.0. The van der Waals surface area contributed by atoms with Crippen molar-refractivity contribution in [1.82, 2.24) is 43.4 Å². The van der Waals surface area contributed by atoms with E-state index in [2.05, 4.69) is 353 Å². The zero-order valence-electron chi connectivity index (χ0n) is 48.9. The van der Waals surface area contributed by atoms with E-state index in [1.165, 1.54) is 48.9 Å². The summed E-state index contributed by atoms with van der Waals surface area (Å²) < 4.78 is 14.7. The van der Waals surface area contributed by atoms with Crippen molar-refractivity contribution in [2.45, 2.75) is 18.5 Å². The first kappa shape index (κ1) is 50.7. The molecule has 9 nitrogen and oxygen atoms in total. The minimum absolute atomic E-state index is 0.415. The molecule has 1 aliphatic heterocycles. The van der Waals surface area contributed by atoms with Crippen molar-refractivity contribution in [2.24, 2.45) is 0 Å². The predicted octanol–water partition coefficient (Wildman–Crippen LogP) is 19.0. The minimum atomic E-state index is -0.415. The molecule has 90 heavy (non-hydrogen) atoms. The SMILES string of the molecule is c1ccc(-n2c(C3NC(c4cc5cc6c7ccccc7n(-c7ccccc7)c6cc5n4-c4ccccc4)NC(c4cc5cc6c7ccccc7n(-c7ccccc7)c6cc5n4-c4ccccc4)N3)cc3cc4c5ccccc5n(-c5ccccc5)c4cc32)cc1. The molecule has 0 saturated carbocycles. The van der Waals surface area contributed by atoms with Crippen molar-refractivity contribution >= 4 is 98.1 Å². The molecule has 1 saturated heterocycles. The van der Waals surface area contributed by atoms with Crippen LogP contribution in [-0.2, 0) is 0 Å². The third-order valence-corrected chi connectivity index (χ3v) is 18.8. The summed E-state index contributed by atoms with van der Waals surface area (Å²) in [5, 5.41) is 23.7. The molecule has 426 valence electrons. The largest absolute Gasteiger partial charge is 0.311 e. The Hall–Kier alpha value is -11.5. The van der Waals surface area contributed by atoms with Crippen LogP contribution in [0.5, 0.6) is 0 Å². The van der Waals surface area contributed by atoms with Crippen molar-refractivity contribution in [3.63, 3.8) is 0 Å². The van der Waals surface area contributed by atoms with Crippen LogP contribution < -0.4 is 16.0 Å². The summed E-state index contributed by atoms with van der Waals surface area (Å²) in [6.45, 7) is 0. The molecule has 1 fully saturated rings. The van der Waals surface area contributed by atoms with Gasteiger partial charge in [-0.05, 0) is 146 Å². The Bertz CT molecular complexity index is 5240. The van der Waals surface area contributed by atoms with Gasteiger partial charge in [0.2, 0.25) is 0 Å². The second kappa shape index (κ2) is 20.0. The first-order chi connectivity index (χ1) is 44.6. The highest BCUT2D eigenvalue weighted by atomic mass is 15.4. The number of hydrogen-bond acceptors (Lipinski definition) is 3. The van der Waals surface area contributed by atoms with E-state index in [4.69, 9.17) is 0 Å². The molecule has 3 N–H and O–H groups in total. The van der Waals surface area contributed by atoms with E-state index in [-0.39, 0.29) is 0 Å². The number of nitrogens with zero attached hydrogens (tertiary/aromatic N) is 6. The lowest BCUT2D eigenvalue weighted by atomic mass is 10.1. The van der Waals surface area contributed by atoms with Crippen LogP contribution in [0.1, 0.15) is 35.6 Å². The highest BCUT2D eigenvalue weighted by Gasteiger charge is 2.37. The van der Waals surface area contributed by atoms with Crippen molar-refractivity contribution in [3.05, 3.63) is 326 Å². The molecule has 0 amide bonds. The van der Waals surface area contributed by atoms with E-state index < -0.39 is 18.5 Å². The summed E-state index contributed by atoms with van der Waals surface area (Å²) in [5.74, 6) is 0. The number of aromatic nitrogens is 6. The molecular weight excluding hydrogens is 1100 g/mol. The van der Waals surface area contributed by atoms with Gasteiger partial charge in [-0.25, -0.2) is 0 Å². The number of rotatable bonds is 9. The standard InChI is InChI=1S/C81H57N9/c1-7-25-55(26-8-1)85-67-40-22-19-37-61(67)64-43-52-46-76(88(70(52)49-73(64)85)58-31-13-4-14-32-58)79-82-80(77-47-53-44-65-62-38-20-23-41-68(62)86(56-27-9-2-10-28-56)74(65)50-71(53)89(77)59-33-15-5-16-34-59)84-81(83-79)78-48-54-45-66-63-39-21-24-42-69(63)87(57-29-11-3-12-30-57)75(66)51-72(54)90(78)60-35-17-6-18-36-60/h1-51,79-84H. The maximum absolute atomic E-state index is 4.31. The molecule has 12 aromatic carbocycles. The lowest BCUT2D eigenvalue weighted by Crippen LogP contribution is -2.55. The van der Waals surface area contributed by atoms with E-state index in [9.17, 15) is 0 Å². The smallest absolute Gasteiger partial charge is 0.102 e. The van der Waals surface area contributed by atoms with E-state index in [0.717, 1.165) is 100 Å². The zero-order valence-corrected chi connectivity index (χ0v) is 48.9. The minimum Gasteiger partial charge on any atom is -0.311 e. The van der Waals surface area contributed by atoms with Crippen LogP contribution in [0.3, 0.4) is 0 Å². The van der Waals surface area contributed by atoms with E-state index in [1.807, 2.05) is 0 Å². The molecule has 19 rings (SSSR count). The molecule has 1 aliphatic rings. The Morgan fingerprint density at radius 3 is 0.656 bits per heavy atom. The molecule has 18 aromatic rings. The van der Waals surface area contributed by atoms with E-state index >= 15 is 0 Å². The maximum Gasteiger partial charge on any atom is 0.102 e. The van der Waals surface area contributed by atoms with Gasteiger partial charge in [0.15, 0.2) is 0 Å². The zero-order chi connectivity index (χ0) is 59.0. The molecule has 6 aromatic heterocycles. The molecule has 0 unspecified atom stereocenters. The van der Waals surface area contributed by atoms with E-state index in [1.54, 1.807) is 0 Å². The second-order valence-electron chi connectivity index (χ2n) is 23.9.